The van der Waals surface area contributed by atoms with Crippen LogP contribution in [0.5, 0.6) is 0 Å². The molecule has 0 radical (unpaired) electrons. The average molecular weight is 389 g/mol. The Hall–Kier alpha value is -1.89. The van der Waals surface area contributed by atoms with E-state index in [1.54, 1.807) is 12.1 Å². The number of nitrogens with zero attached hydrogens (tertiary/aromatic N) is 1. The van der Waals surface area contributed by atoms with E-state index >= 15 is 0 Å². The van der Waals surface area contributed by atoms with E-state index in [1.165, 1.54) is 5.69 Å². The van der Waals surface area contributed by atoms with Gasteiger partial charge in [-0.1, -0.05) is 38.1 Å². The molecule has 0 atom stereocenters. The summed E-state index contributed by atoms with van der Waals surface area (Å²) in [4.78, 5) is 2.62. The molecule has 0 spiro atoms. The third-order valence-corrected chi connectivity index (χ3v) is 6.35. The summed E-state index contributed by atoms with van der Waals surface area (Å²) in [5.41, 5.74) is 3.44. The fraction of sp³-hybridized carbons (Fsp3) is 0.429. The van der Waals surface area contributed by atoms with Crippen LogP contribution in [0.25, 0.3) is 0 Å². The fourth-order valence-electron chi connectivity index (χ4n) is 3.14. The normalized spacial score (nSPS) is 15.3. The second-order valence-electron chi connectivity index (χ2n) is 7.14. The van der Waals surface area contributed by atoms with Gasteiger partial charge in [-0.15, -0.1) is 0 Å². The van der Waals surface area contributed by atoms with E-state index in [0.29, 0.717) is 23.8 Å². The van der Waals surface area contributed by atoms with E-state index < -0.39 is 10.0 Å². The summed E-state index contributed by atoms with van der Waals surface area (Å²) in [6, 6.07) is 15.4. The zero-order chi connectivity index (χ0) is 19.3. The van der Waals surface area contributed by atoms with Crippen molar-refractivity contribution in [2.45, 2.75) is 31.1 Å². The molecule has 0 amide bonds. The topological polar surface area (TPSA) is 58.6 Å². The zero-order valence-electron chi connectivity index (χ0n) is 16.0. The lowest BCUT2D eigenvalue weighted by Gasteiger charge is -2.28. The van der Waals surface area contributed by atoms with Crippen molar-refractivity contribution in [2.24, 2.45) is 0 Å². The predicted molar refractivity (Wildman–Crippen MR) is 109 cm³/mol. The average Bonchev–Trinajstić information content (AvgIpc) is 2.69. The van der Waals surface area contributed by atoms with Crippen LogP contribution in [0.15, 0.2) is 53.4 Å². The fourth-order valence-corrected chi connectivity index (χ4v) is 4.17. The van der Waals surface area contributed by atoms with Crippen molar-refractivity contribution >= 4 is 15.7 Å². The van der Waals surface area contributed by atoms with Crippen LogP contribution in [0.2, 0.25) is 0 Å². The molecule has 27 heavy (non-hydrogen) atoms. The molecule has 1 saturated heterocycles. The number of morpholine rings is 1. The highest BCUT2D eigenvalue weighted by molar-refractivity contribution is 7.89. The van der Waals surface area contributed by atoms with Gasteiger partial charge in [0.1, 0.15) is 0 Å². The van der Waals surface area contributed by atoms with Crippen LogP contribution < -0.4 is 9.62 Å². The highest BCUT2D eigenvalue weighted by Crippen LogP contribution is 2.18. The number of anilines is 1. The van der Waals surface area contributed by atoms with Crippen LogP contribution in [0.3, 0.4) is 0 Å². The lowest BCUT2D eigenvalue weighted by molar-refractivity contribution is 0.122. The number of hydrogen-bond acceptors (Lipinski definition) is 4. The minimum absolute atomic E-state index is 0.314. The van der Waals surface area contributed by atoms with Gasteiger partial charge in [-0.3, -0.25) is 0 Å². The first-order valence-corrected chi connectivity index (χ1v) is 11.0. The molecule has 5 nitrogen and oxygen atoms in total. The molecule has 0 bridgehead atoms. The van der Waals surface area contributed by atoms with Gasteiger partial charge in [0.15, 0.2) is 0 Å². The molecule has 1 aliphatic heterocycles. The Morgan fingerprint density at radius 3 is 2.22 bits per heavy atom. The van der Waals surface area contributed by atoms with E-state index in [-0.39, 0.29) is 0 Å². The Labute approximate surface area is 162 Å². The molecule has 0 aromatic heterocycles. The number of nitrogens with one attached hydrogen (secondary N) is 1. The van der Waals surface area contributed by atoms with E-state index in [9.17, 15) is 8.42 Å². The smallest absolute Gasteiger partial charge is 0.240 e. The molecule has 1 fully saturated rings. The Morgan fingerprint density at radius 2 is 1.63 bits per heavy atom. The van der Waals surface area contributed by atoms with Gasteiger partial charge in [-0.05, 0) is 47.7 Å². The van der Waals surface area contributed by atoms with Gasteiger partial charge in [0.05, 0.1) is 18.1 Å². The molecule has 1 aliphatic rings. The van der Waals surface area contributed by atoms with Crippen molar-refractivity contribution in [3.8, 4) is 0 Å². The lowest BCUT2D eigenvalue weighted by Crippen LogP contribution is -2.36. The monoisotopic (exact) mass is 388 g/mol. The molecule has 0 saturated carbocycles. The maximum Gasteiger partial charge on any atom is 0.240 e. The van der Waals surface area contributed by atoms with Gasteiger partial charge < -0.3 is 9.64 Å². The molecule has 6 heteroatoms. The Balaban J connectivity index is 1.53. The molecule has 146 valence electrons. The minimum atomic E-state index is -3.47. The Kier molecular flexibility index (Phi) is 6.52. The molecule has 1 heterocycles. The van der Waals surface area contributed by atoms with Gasteiger partial charge in [-0.25, -0.2) is 13.1 Å². The van der Waals surface area contributed by atoms with Gasteiger partial charge in [0.2, 0.25) is 10.0 Å². The maximum atomic E-state index is 12.4. The lowest BCUT2D eigenvalue weighted by atomic mass is 10.0. The third-order valence-electron chi connectivity index (χ3n) is 4.88. The highest BCUT2D eigenvalue weighted by Gasteiger charge is 2.14. The second-order valence-corrected chi connectivity index (χ2v) is 8.90. The van der Waals surface area contributed by atoms with Crippen LogP contribution in [0.4, 0.5) is 5.69 Å². The van der Waals surface area contributed by atoms with E-state index in [1.807, 2.05) is 12.1 Å². The number of hydrogen-bond donors (Lipinski definition) is 1. The summed E-state index contributed by atoms with van der Waals surface area (Å²) in [5, 5.41) is 0. The van der Waals surface area contributed by atoms with Crippen molar-refractivity contribution in [3.63, 3.8) is 0 Å². The van der Waals surface area contributed by atoms with Crippen LogP contribution in [-0.4, -0.2) is 41.3 Å². The molecule has 0 aliphatic carbocycles. The molecular formula is C21H28N2O3S. The first-order valence-electron chi connectivity index (χ1n) is 9.47. The second kappa shape index (κ2) is 8.87. The van der Waals surface area contributed by atoms with E-state index in [4.69, 9.17) is 4.74 Å². The largest absolute Gasteiger partial charge is 0.378 e. The predicted octanol–water partition coefficient (Wildman–Crippen LogP) is 3.17. The minimum Gasteiger partial charge on any atom is -0.378 e. The zero-order valence-corrected chi connectivity index (χ0v) is 16.8. The molecule has 3 rings (SSSR count). The van der Waals surface area contributed by atoms with Gasteiger partial charge in [0.25, 0.3) is 0 Å². The first-order chi connectivity index (χ1) is 13.0. The number of rotatable bonds is 7. The maximum absolute atomic E-state index is 12.4. The van der Waals surface area contributed by atoms with Crippen LogP contribution >= 0.6 is 0 Å². The molecule has 0 unspecified atom stereocenters. The van der Waals surface area contributed by atoms with E-state index in [0.717, 1.165) is 37.4 Å². The summed E-state index contributed by atoms with van der Waals surface area (Å²) < 4.78 is 32.9. The number of sulfonamides is 1. The van der Waals surface area contributed by atoms with Crippen molar-refractivity contribution < 1.29 is 13.2 Å². The van der Waals surface area contributed by atoms with Crippen molar-refractivity contribution in [1.82, 2.24) is 4.72 Å². The standard InChI is InChI=1S/C21H28N2O3S/c1-17(2)19-5-9-21(10-6-19)27(24,25)22-12-11-18-3-7-20(8-4-18)23-13-15-26-16-14-23/h3-10,17,22H,11-16H2,1-2H3. The SMILES string of the molecule is CC(C)c1ccc(S(=O)(=O)NCCc2ccc(N3CCOCC3)cc2)cc1. The summed E-state index contributed by atoms with van der Waals surface area (Å²) in [7, 11) is -3.47. The van der Waals surface area contributed by atoms with Crippen LogP contribution in [0.1, 0.15) is 30.9 Å². The van der Waals surface area contributed by atoms with Crippen molar-refractivity contribution in [1.29, 1.82) is 0 Å². The van der Waals surface area contributed by atoms with Crippen molar-refractivity contribution in [3.05, 3.63) is 59.7 Å². The quantitative estimate of drug-likeness (QED) is 0.792. The van der Waals surface area contributed by atoms with Crippen LogP contribution in [0, 0.1) is 0 Å². The Bertz CT molecular complexity index is 825. The van der Waals surface area contributed by atoms with Crippen LogP contribution in [-0.2, 0) is 21.2 Å². The molecule has 1 N–H and O–H groups in total. The summed E-state index contributed by atoms with van der Waals surface area (Å²) in [6.07, 6.45) is 0.659. The van der Waals surface area contributed by atoms with Gasteiger partial charge in [-0.2, -0.15) is 0 Å². The third kappa shape index (κ3) is 5.31. The van der Waals surface area contributed by atoms with Gasteiger partial charge in [0, 0.05) is 25.3 Å². The van der Waals surface area contributed by atoms with Crippen molar-refractivity contribution in [2.75, 3.05) is 37.7 Å². The summed E-state index contributed by atoms with van der Waals surface area (Å²) in [6.45, 7) is 7.91. The van der Waals surface area contributed by atoms with E-state index in [2.05, 4.69) is 47.7 Å². The summed E-state index contributed by atoms with van der Waals surface area (Å²) >= 11 is 0. The molecule has 2 aromatic carbocycles. The molecule has 2 aromatic rings. The first kappa shape index (κ1) is 19.9. The van der Waals surface area contributed by atoms with Gasteiger partial charge >= 0.3 is 0 Å². The number of benzene rings is 2. The highest BCUT2D eigenvalue weighted by atomic mass is 32.2. The molecular weight excluding hydrogens is 360 g/mol. The number of ether oxygens (including phenoxy) is 1. The summed E-state index contributed by atoms with van der Waals surface area (Å²) in [5.74, 6) is 0.384. The Morgan fingerprint density at radius 1 is 1.00 bits per heavy atom.